The first kappa shape index (κ1) is 11.3. The van der Waals surface area contributed by atoms with E-state index in [0.29, 0.717) is 6.54 Å². The predicted molar refractivity (Wildman–Crippen MR) is 67.5 cm³/mol. The van der Waals surface area contributed by atoms with E-state index in [9.17, 15) is 9.59 Å². The second kappa shape index (κ2) is 3.86. The van der Waals surface area contributed by atoms with Crippen molar-refractivity contribution in [3.05, 3.63) is 33.7 Å². The molecule has 2 aliphatic heterocycles. The normalized spacial score (nSPS) is 22.8. The van der Waals surface area contributed by atoms with Crippen molar-refractivity contribution in [2.24, 2.45) is 7.05 Å². The second-order valence-electron chi connectivity index (χ2n) is 5.12. The van der Waals surface area contributed by atoms with Gasteiger partial charge in [0, 0.05) is 38.9 Å². The standard InChI is InChI=1S/C13H17N3O2/c1-14-6-3-9-4-8-16-10(11(9)12(14)17)5-7-15(2)13(16)18/h3,6,10H,4-5,7-8H2,1-2H3. The summed E-state index contributed by atoms with van der Waals surface area (Å²) in [5, 5.41) is 0. The Bertz CT molecular complexity index is 564. The third kappa shape index (κ3) is 1.46. The highest BCUT2D eigenvalue weighted by Crippen LogP contribution is 2.33. The fourth-order valence-corrected chi connectivity index (χ4v) is 2.97. The lowest BCUT2D eigenvalue weighted by atomic mass is 9.91. The molecule has 0 spiro atoms. The van der Waals surface area contributed by atoms with Gasteiger partial charge < -0.3 is 14.4 Å². The number of amides is 2. The number of aryl methyl sites for hydroxylation is 1. The summed E-state index contributed by atoms with van der Waals surface area (Å²) >= 11 is 0. The van der Waals surface area contributed by atoms with Gasteiger partial charge in [-0.15, -0.1) is 0 Å². The minimum Gasteiger partial charge on any atom is -0.328 e. The molecule has 0 N–H and O–H groups in total. The molecule has 18 heavy (non-hydrogen) atoms. The van der Waals surface area contributed by atoms with Crippen molar-refractivity contribution in [1.82, 2.24) is 14.4 Å². The summed E-state index contributed by atoms with van der Waals surface area (Å²) in [7, 11) is 3.58. The second-order valence-corrected chi connectivity index (χ2v) is 5.12. The van der Waals surface area contributed by atoms with Crippen LogP contribution in [-0.4, -0.2) is 40.5 Å². The van der Waals surface area contributed by atoms with Crippen molar-refractivity contribution in [1.29, 1.82) is 0 Å². The number of carbonyl (C=O) groups is 1. The Kier molecular flexibility index (Phi) is 2.43. The lowest BCUT2D eigenvalue weighted by Gasteiger charge is -2.43. The highest BCUT2D eigenvalue weighted by atomic mass is 16.2. The quantitative estimate of drug-likeness (QED) is 0.679. The Morgan fingerprint density at radius 2 is 2.00 bits per heavy atom. The number of aromatic nitrogens is 1. The van der Waals surface area contributed by atoms with Gasteiger partial charge in [0.15, 0.2) is 0 Å². The van der Waals surface area contributed by atoms with Gasteiger partial charge in [-0.25, -0.2) is 4.79 Å². The highest BCUT2D eigenvalue weighted by Gasteiger charge is 2.37. The summed E-state index contributed by atoms with van der Waals surface area (Å²) < 4.78 is 1.60. The van der Waals surface area contributed by atoms with Crippen LogP contribution in [0.2, 0.25) is 0 Å². The average Bonchev–Trinajstić information content (AvgIpc) is 2.37. The number of fused-ring (bicyclic) bond motifs is 3. The zero-order chi connectivity index (χ0) is 12.9. The first-order valence-electron chi connectivity index (χ1n) is 6.29. The van der Waals surface area contributed by atoms with Crippen molar-refractivity contribution >= 4 is 6.03 Å². The number of nitrogens with zero attached hydrogens (tertiary/aromatic N) is 3. The number of pyridine rings is 1. The van der Waals surface area contributed by atoms with Gasteiger partial charge in [0.1, 0.15) is 0 Å². The van der Waals surface area contributed by atoms with E-state index >= 15 is 0 Å². The molecule has 2 aliphatic rings. The van der Waals surface area contributed by atoms with Crippen LogP contribution in [0.4, 0.5) is 4.79 Å². The number of hydrogen-bond donors (Lipinski definition) is 0. The van der Waals surface area contributed by atoms with Crippen molar-refractivity contribution in [3.8, 4) is 0 Å². The maximum Gasteiger partial charge on any atom is 0.320 e. The van der Waals surface area contributed by atoms with E-state index in [2.05, 4.69) is 0 Å². The molecule has 0 aromatic carbocycles. The number of urea groups is 1. The van der Waals surface area contributed by atoms with Crippen molar-refractivity contribution in [3.63, 3.8) is 0 Å². The smallest absolute Gasteiger partial charge is 0.320 e. The Morgan fingerprint density at radius 1 is 1.22 bits per heavy atom. The summed E-state index contributed by atoms with van der Waals surface area (Å²) in [4.78, 5) is 27.9. The molecule has 5 nitrogen and oxygen atoms in total. The lowest BCUT2D eigenvalue weighted by molar-refractivity contribution is 0.103. The van der Waals surface area contributed by atoms with E-state index in [1.54, 1.807) is 16.5 Å². The summed E-state index contributed by atoms with van der Waals surface area (Å²) in [6.45, 7) is 1.44. The van der Waals surface area contributed by atoms with Crippen LogP contribution in [-0.2, 0) is 13.5 Å². The molecular weight excluding hydrogens is 230 g/mol. The molecule has 1 unspecified atom stereocenters. The van der Waals surface area contributed by atoms with E-state index in [0.717, 1.165) is 30.5 Å². The van der Waals surface area contributed by atoms with E-state index in [1.807, 2.05) is 24.2 Å². The first-order chi connectivity index (χ1) is 8.59. The van der Waals surface area contributed by atoms with Crippen molar-refractivity contribution in [2.45, 2.75) is 18.9 Å². The molecule has 1 atom stereocenters. The van der Waals surface area contributed by atoms with Gasteiger partial charge in [0.25, 0.3) is 5.56 Å². The van der Waals surface area contributed by atoms with Crippen LogP contribution in [0, 0.1) is 0 Å². The minimum absolute atomic E-state index is 0.0302. The molecule has 0 aliphatic carbocycles. The zero-order valence-electron chi connectivity index (χ0n) is 10.7. The molecule has 1 fully saturated rings. The third-order valence-corrected chi connectivity index (χ3v) is 4.04. The van der Waals surface area contributed by atoms with Gasteiger partial charge in [-0.1, -0.05) is 0 Å². The average molecular weight is 247 g/mol. The van der Waals surface area contributed by atoms with Gasteiger partial charge in [-0.05, 0) is 24.5 Å². The summed E-state index contributed by atoms with van der Waals surface area (Å²) in [6, 6.07) is 2.02. The van der Waals surface area contributed by atoms with E-state index < -0.39 is 0 Å². The lowest BCUT2D eigenvalue weighted by Crippen LogP contribution is -2.53. The van der Waals surface area contributed by atoms with Crippen LogP contribution in [0.25, 0.3) is 0 Å². The zero-order valence-corrected chi connectivity index (χ0v) is 10.7. The summed E-state index contributed by atoms with van der Waals surface area (Å²) in [5.41, 5.74) is 1.98. The monoisotopic (exact) mass is 247 g/mol. The predicted octanol–water partition coefficient (Wildman–Crippen LogP) is 0.740. The Labute approximate surface area is 106 Å². The molecule has 0 radical (unpaired) electrons. The van der Waals surface area contributed by atoms with Gasteiger partial charge in [0.05, 0.1) is 6.04 Å². The Morgan fingerprint density at radius 3 is 2.78 bits per heavy atom. The number of hydrogen-bond acceptors (Lipinski definition) is 2. The van der Waals surface area contributed by atoms with Crippen LogP contribution in [0.15, 0.2) is 17.1 Å². The number of carbonyl (C=O) groups excluding carboxylic acids is 1. The maximum atomic E-state index is 12.3. The molecule has 5 heteroatoms. The van der Waals surface area contributed by atoms with E-state index in [-0.39, 0.29) is 17.6 Å². The molecule has 0 bridgehead atoms. The largest absolute Gasteiger partial charge is 0.328 e. The van der Waals surface area contributed by atoms with Crippen molar-refractivity contribution < 1.29 is 4.79 Å². The number of rotatable bonds is 0. The van der Waals surface area contributed by atoms with Crippen LogP contribution >= 0.6 is 0 Å². The molecule has 96 valence electrons. The SMILES string of the molecule is CN1CCC2c3c(ccn(C)c3=O)CCN2C1=O. The van der Waals surface area contributed by atoms with Gasteiger partial charge >= 0.3 is 6.03 Å². The third-order valence-electron chi connectivity index (χ3n) is 4.04. The van der Waals surface area contributed by atoms with Gasteiger partial charge in [0.2, 0.25) is 0 Å². The van der Waals surface area contributed by atoms with Crippen LogP contribution < -0.4 is 5.56 Å². The minimum atomic E-state index is -0.0302. The topological polar surface area (TPSA) is 45.6 Å². The molecular formula is C13H17N3O2. The molecule has 0 saturated carbocycles. The summed E-state index contributed by atoms with van der Waals surface area (Å²) in [6.07, 6.45) is 3.43. The van der Waals surface area contributed by atoms with Gasteiger partial charge in [-0.3, -0.25) is 4.79 Å². The summed E-state index contributed by atoms with van der Waals surface area (Å²) in [5.74, 6) is 0. The Hall–Kier alpha value is -1.78. The van der Waals surface area contributed by atoms with Crippen LogP contribution in [0.1, 0.15) is 23.6 Å². The molecule has 1 aromatic rings. The molecule has 1 aromatic heterocycles. The van der Waals surface area contributed by atoms with Crippen LogP contribution in [0.3, 0.4) is 0 Å². The molecule has 3 rings (SSSR count). The Balaban J connectivity index is 2.11. The van der Waals surface area contributed by atoms with E-state index in [4.69, 9.17) is 0 Å². The molecule has 2 amide bonds. The maximum absolute atomic E-state index is 12.3. The van der Waals surface area contributed by atoms with Crippen LogP contribution in [0.5, 0.6) is 0 Å². The highest BCUT2D eigenvalue weighted by molar-refractivity contribution is 5.76. The first-order valence-corrected chi connectivity index (χ1v) is 6.29. The fourth-order valence-electron chi connectivity index (χ4n) is 2.97. The molecule has 3 heterocycles. The fraction of sp³-hybridized carbons (Fsp3) is 0.538. The molecule has 1 saturated heterocycles. The van der Waals surface area contributed by atoms with Crippen molar-refractivity contribution in [2.75, 3.05) is 20.1 Å². The van der Waals surface area contributed by atoms with E-state index in [1.165, 1.54) is 0 Å². The van der Waals surface area contributed by atoms with Gasteiger partial charge in [-0.2, -0.15) is 0 Å².